The summed E-state index contributed by atoms with van der Waals surface area (Å²) in [6, 6.07) is 0. The molecule has 0 amide bonds. The van der Waals surface area contributed by atoms with Crippen LogP contribution in [0.1, 0.15) is 41.0 Å². The fraction of sp³-hybridized carbons (Fsp3) is 0.727. The van der Waals surface area contributed by atoms with Gasteiger partial charge in [-0.3, -0.25) is 9.59 Å². The molecule has 0 rings (SSSR count). The van der Waals surface area contributed by atoms with Crippen molar-refractivity contribution in [1.29, 1.82) is 0 Å². The summed E-state index contributed by atoms with van der Waals surface area (Å²) in [7, 11) is 0. The largest absolute Gasteiger partial charge is 0.475 e. The Labute approximate surface area is 89.7 Å². The molecule has 0 atom stereocenters. The average Bonchev–Trinajstić information content (AvgIpc) is 2.00. The van der Waals surface area contributed by atoms with Crippen molar-refractivity contribution in [1.82, 2.24) is 0 Å². The van der Waals surface area contributed by atoms with Crippen molar-refractivity contribution in [2.45, 2.75) is 41.0 Å². The maximum atomic E-state index is 11.7. The van der Waals surface area contributed by atoms with E-state index in [-0.39, 0.29) is 12.2 Å². The van der Waals surface area contributed by atoms with Crippen molar-refractivity contribution in [3.05, 3.63) is 0 Å². The van der Waals surface area contributed by atoms with Gasteiger partial charge >= 0.3 is 5.97 Å². The van der Waals surface area contributed by atoms with Crippen LogP contribution in [0.15, 0.2) is 0 Å². The van der Waals surface area contributed by atoms with Crippen molar-refractivity contribution in [3.63, 3.8) is 0 Å². The minimum absolute atomic E-state index is 0.0400. The van der Waals surface area contributed by atoms with Crippen molar-refractivity contribution < 1.29 is 19.5 Å². The third-order valence-electron chi connectivity index (χ3n) is 2.25. The van der Waals surface area contributed by atoms with Crippen molar-refractivity contribution in [3.8, 4) is 0 Å². The van der Waals surface area contributed by atoms with E-state index < -0.39 is 22.6 Å². The Bertz CT molecular complexity index is 294. The van der Waals surface area contributed by atoms with Gasteiger partial charge in [0, 0.05) is 17.3 Å². The zero-order valence-electron chi connectivity index (χ0n) is 9.88. The number of hydrogen-bond acceptors (Lipinski definition) is 3. The Kier molecular flexibility index (Phi) is 3.80. The SMILES string of the molecule is CC(C)(C)C(=O)CC(C)(C)C(=O)C(=O)O. The molecule has 0 heterocycles. The van der Waals surface area contributed by atoms with Crippen molar-refractivity contribution in [2.24, 2.45) is 10.8 Å². The molecule has 86 valence electrons. The Hall–Kier alpha value is -1.19. The first-order valence-corrected chi connectivity index (χ1v) is 4.79. The van der Waals surface area contributed by atoms with Crippen molar-refractivity contribution in [2.75, 3.05) is 0 Å². The van der Waals surface area contributed by atoms with Gasteiger partial charge in [0.15, 0.2) is 0 Å². The molecule has 0 aromatic carbocycles. The van der Waals surface area contributed by atoms with Crippen LogP contribution in [-0.4, -0.2) is 22.6 Å². The van der Waals surface area contributed by atoms with E-state index in [1.54, 1.807) is 20.8 Å². The van der Waals surface area contributed by atoms with Gasteiger partial charge in [0.25, 0.3) is 0 Å². The quantitative estimate of drug-likeness (QED) is 0.722. The summed E-state index contributed by atoms with van der Waals surface area (Å²) in [6.07, 6.45) is -0.0400. The van der Waals surface area contributed by atoms with Gasteiger partial charge in [-0.05, 0) is 0 Å². The van der Waals surface area contributed by atoms with E-state index in [1.165, 1.54) is 13.8 Å². The summed E-state index contributed by atoms with van der Waals surface area (Å²) in [5.74, 6) is -2.51. The summed E-state index contributed by atoms with van der Waals surface area (Å²) in [4.78, 5) is 33.5. The van der Waals surface area contributed by atoms with Crippen LogP contribution >= 0.6 is 0 Å². The second-order valence-corrected chi connectivity index (χ2v) is 5.37. The summed E-state index contributed by atoms with van der Waals surface area (Å²) >= 11 is 0. The number of hydrogen-bond donors (Lipinski definition) is 1. The molecule has 1 N–H and O–H groups in total. The Morgan fingerprint density at radius 1 is 1.00 bits per heavy atom. The van der Waals surface area contributed by atoms with Gasteiger partial charge in [-0.15, -0.1) is 0 Å². The van der Waals surface area contributed by atoms with Crippen LogP contribution in [0.3, 0.4) is 0 Å². The molecule has 0 aliphatic heterocycles. The highest BCUT2D eigenvalue weighted by atomic mass is 16.4. The lowest BCUT2D eigenvalue weighted by molar-refractivity contribution is -0.154. The van der Waals surface area contributed by atoms with E-state index in [0.29, 0.717) is 0 Å². The number of carboxylic acid groups (broad SMARTS) is 1. The number of aliphatic carboxylic acids is 1. The summed E-state index contributed by atoms with van der Waals surface area (Å²) < 4.78 is 0. The van der Waals surface area contributed by atoms with Crippen LogP contribution in [0, 0.1) is 10.8 Å². The standard InChI is InChI=1S/C11H18O4/c1-10(2,3)7(12)6-11(4,5)8(13)9(14)15/h6H2,1-5H3,(H,14,15). The number of ketones is 2. The van der Waals surface area contributed by atoms with Gasteiger partial charge in [0.1, 0.15) is 5.78 Å². The molecular weight excluding hydrogens is 196 g/mol. The van der Waals surface area contributed by atoms with Crippen LogP contribution < -0.4 is 0 Å². The van der Waals surface area contributed by atoms with Gasteiger partial charge < -0.3 is 5.11 Å². The molecule has 0 spiro atoms. The maximum Gasteiger partial charge on any atom is 0.372 e. The van der Waals surface area contributed by atoms with E-state index in [9.17, 15) is 14.4 Å². The molecule has 0 bridgehead atoms. The first-order chi connectivity index (χ1) is 6.48. The second-order valence-electron chi connectivity index (χ2n) is 5.37. The van der Waals surface area contributed by atoms with Gasteiger partial charge in [0.05, 0.1) is 0 Å². The highest BCUT2D eigenvalue weighted by Crippen LogP contribution is 2.28. The summed E-state index contributed by atoms with van der Waals surface area (Å²) in [5, 5.41) is 8.57. The van der Waals surface area contributed by atoms with E-state index in [4.69, 9.17) is 5.11 Å². The molecule has 0 radical (unpaired) electrons. The fourth-order valence-electron chi connectivity index (χ4n) is 1.04. The monoisotopic (exact) mass is 214 g/mol. The van der Waals surface area contributed by atoms with Gasteiger partial charge in [-0.1, -0.05) is 34.6 Å². The predicted molar refractivity (Wildman–Crippen MR) is 55.5 cm³/mol. The molecule has 0 aromatic heterocycles. The van der Waals surface area contributed by atoms with Crippen LogP contribution in [0.4, 0.5) is 0 Å². The smallest absolute Gasteiger partial charge is 0.372 e. The number of carbonyl (C=O) groups excluding carboxylic acids is 2. The zero-order chi connectivity index (χ0) is 12.4. The Balaban J connectivity index is 4.73. The van der Waals surface area contributed by atoms with Crippen LogP contribution in [-0.2, 0) is 14.4 Å². The fourth-order valence-corrected chi connectivity index (χ4v) is 1.04. The lowest BCUT2D eigenvalue weighted by Crippen LogP contribution is -2.36. The van der Waals surface area contributed by atoms with E-state index in [0.717, 1.165) is 0 Å². The van der Waals surface area contributed by atoms with Crippen LogP contribution in [0.2, 0.25) is 0 Å². The number of carbonyl (C=O) groups is 3. The molecule has 0 aliphatic carbocycles. The highest BCUT2D eigenvalue weighted by molar-refractivity contribution is 6.35. The lowest BCUT2D eigenvalue weighted by atomic mass is 9.76. The molecule has 15 heavy (non-hydrogen) atoms. The second kappa shape index (κ2) is 4.13. The Morgan fingerprint density at radius 2 is 1.40 bits per heavy atom. The topological polar surface area (TPSA) is 71.4 Å². The minimum atomic E-state index is -1.48. The number of carboxylic acids is 1. The summed E-state index contributed by atoms with van der Waals surface area (Å²) in [6.45, 7) is 8.20. The van der Waals surface area contributed by atoms with Crippen molar-refractivity contribution >= 4 is 17.5 Å². The number of Topliss-reactive ketones (excluding diaryl/α,β-unsaturated/α-hetero) is 2. The number of rotatable bonds is 4. The highest BCUT2D eigenvalue weighted by Gasteiger charge is 2.37. The van der Waals surface area contributed by atoms with Gasteiger partial charge in [0.2, 0.25) is 5.78 Å². The molecule has 0 unspecified atom stereocenters. The molecule has 0 saturated heterocycles. The molecular formula is C11H18O4. The first-order valence-electron chi connectivity index (χ1n) is 4.79. The lowest BCUT2D eigenvalue weighted by Gasteiger charge is -2.24. The van der Waals surface area contributed by atoms with Crippen LogP contribution in [0.25, 0.3) is 0 Å². The van der Waals surface area contributed by atoms with E-state index >= 15 is 0 Å². The van der Waals surface area contributed by atoms with Gasteiger partial charge in [-0.2, -0.15) is 0 Å². The molecule has 4 nitrogen and oxygen atoms in total. The van der Waals surface area contributed by atoms with E-state index in [2.05, 4.69) is 0 Å². The predicted octanol–water partition coefficient (Wildman–Crippen LogP) is 1.67. The molecule has 0 aliphatic rings. The molecule has 0 fully saturated rings. The summed E-state index contributed by atoms with van der Waals surface area (Å²) in [5.41, 5.74) is -1.67. The van der Waals surface area contributed by atoms with Gasteiger partial charge in [-0.25, -0.2) is 4.79 Å². The Morgan fingerprint density at radius 3 is 1.67 bits per heavy atom. The third kappa shape index (κ3) is 3.81. The first kappa shape index (κ1) is 13.8. The van der Waals surface area contributed by atoms with E-state index in [1.807, 2.05) is 0 Å². The maximum absolute atomic E-state index is 11.7. The molecule has 0 saturated carbocycles. The average molecular weight is 214 g/mol. The zero-order valence-corrected chi connectivity index (χ0v) is 9.88. The van der Waals surface area contributed by atoms with Crippen LogP contribution in [0.5, 0.6) is 0 Å². The third-order valence-corrected chi connectivity index (χ3v) is 2.25. The molecule has 4 heteroatoms. The molecule has 0 aromatic rings. The minimum Gasteiger partial charge on any atom is -0.475 e. The normalized spacial score (nSPS) is 12.3.